The van der Waals surface area contributed by atoms with Crippen molar-refractivity contribution >= 4 is 12.4 Å². The molecule has 0 atom stereocenters. The Bertz CT molecular complexity index is 297. The number of phenols is 2. The van der Waals surface area contributed by atoms with Gasteiger partial charge in [-0.2, -0.15) is 0 Å². The molecule has 0 aromatic heterocycles. The highest BCUT2D eigenvalue weighted by Crippen LogP contribution is 2.29. The predicted molar refractivity (Wildman–Crippen MR) is 57.3 cm³/mol. The molecule has 1 aromatic rings. The van der Waals surface area contributed by atoms with Gasteiger partial charge in [-0.25, -0.2) is 0 Å². The van der Waals surface area contributed by atoms with E-state index in [1.54, 1.807) is 12.1 Å². The van der Waals surface area contributed by atoms with Crippen LogP contribution in [0.2, 0.25) is 0 Å². The molecule has 0 aliphatic carbocycles. The molecular formula is C10H14ClNO2. The van der Waals surface area contributed by atoms with Gasteiger partial charge < -0.3 is 15.5 Å². The standard InChI is InChI=1S/C10H13NO2.ClH/c12-9-5-7-1-3-11-4-2-8(7)6-10(9)13;/h5-6,11-13H,1-4H2;1H. The molecule has 78 valence electrons. The van der Waals surface area contributed by atoms with Crippen LogP contribution in [-0.2, 0) is 12.8 Å². The molecule has 14 heavy (non-hydrogen) atoms. The van der Waals surface area contributed by atoms with Crippen LogP contribution in [0, 0.1) is 0 Å². The zero-order valence-electron chi connectivity index (χ0n) is 7.79. The van der Waals surface area contributed by atoms with E-state index in [9.17, 15) is 10.2 Å². The van der Waals surface area contributed by atoms with Crippen LogP contribution in [0.3, 0.4) is 0 Å². The van der Waals surface area contributed by atoms with E-state index < -0.39 is 0 Å². The van der Waals surface area contributed by atoms with E-state index in [0.717, 1.165) is 37.1 Å². The van der Waals surface area contributed by atoms with E-state index in [1.165, 1.54) is 0 Å². The monoisotopic (exact) mass is 215 g/mol. The second kappa shape index (κ2) is 4.53. The molecule has 0 radical (unpaired) electrons. The fourth-order valence-electron chi connectivity index (χ4n) is 1.70. The molecule has 0 fully saturated rings. The summed E-state index contributed by atoms with van der Waals surface area (Å²) < 4.78 is 0. The van der Waals surface area contributed by atoms with Gasteiger partial charge in [0.1, 0.15) is 0 Å². The van der Waals surface area contributed by atoms with Gasteiger partial charge in [-0.1, -0.05) is 0 Å². The van der Waals surface area contributed by atoms with Crippen LogP contribution in [0.25, 0.3) is 0 Å². The van der Waals surface area contributed by atoms with Crippen LogP contribution in [0.1, 0.15) is 11.1 Å². The zero-order valence-corrected chi connectivity index (χ0v) is 8.60. The van der Waals surface area contributed by atoms with Crippen molar-refractivity contribution in [2.45, 2.75) is 12.8 Å². The molecule has 4 heteroatoms. The molecule has 0 bridgehead atoms. The van der Waals surface area contributed by atoms with Crippen molar-refractivity contribution in [3.05, 3.63) is 23.3 Å². The summed E-state index contributed by atoms with van der Waals surface area (Å²) in [6.07, 6.45) is 1.84. The number of aromatic hydroxyl groups is 2. The van der Waals surface area contributed by atoms with Gasteiger partial charge in [0.25, 0.3) is 0 Å². The Balaban J connectivity index is 0.000000980. The van der Waals surface area contributed by atoms with Gasteiger partial charge in [-0.3, -0.25) is 0 Å². The van der Waals surface area contributed by atoms with Crippen molar-refractivity contribution in [3.63, 3.8) is 0 Å². The smallest absolute Gasteiger partial charge is 0.157 e. The number of nitrogens with one attached hydrogen (secondary N) is 1. The summed E-state index contributed by atoms with van der Waals surface area (Å²) in [5.41, 5.74) is 2.28. The van der Waals surface area contributed by atoms with E-state index in [-0.39, 0.29) is 23.9 Å². The Hall–Kier alpha value is -0.930. The fraction of sp³-hybridized carbons (Fsp3) is 0.400. The third-order valence-electron chi connectivity index (χ3n) is 2.44. The Morgan fingerprint density at radius 2 is 1.36 bits per heavy atom. The van der Waals surface area contributed by atoms with Gasteiger partial charge in [0.2, 0.25) is 0 Å². The van der Waals surface area contributed by atoms with Gasteiger partial charge >= 0.3 is 0 Å². The molecule has 0 amide bonds. The van der Waals surface area contributed by atoms with Crippen LogP contribution in [-0.4, -0.2) is 23.3 Å². The van der Waals surface area contributed by atoms with E-state index in [0.29, 0.717) is 0 Å². The molecule has 0 unspecified atom stereocenters. The summed E-state index contributed by atoms with van der Waals surface area (Å²) in [5, 5.41) is 21.9. The first-order chi connectivity index (χ1) is 6.27. The lowest BCUT2D eigenvalue weighted by Gasteiger charge is -2.06. The number of hydrogen-bond acceptors (Lipinski definition) is 3. The van der Waals surface area contributed by atoms with Crippen LogP contribution in [0.4, 0.5) is 0 Å². The highest BCUT2D eigenvalue weighted by Gasteiger charge is 2.10. The number of benzene rings is 1. The van der Waals surface area contributed by atoms with Gasteiger partial charge in [0, 0.05) is 0 Å². The molecule has 1 heterocycles. The first-order valence-electron chi connectivity index (χ1n) is 4.52. The van der Waals surface area contributed by atoms with Gasteiger partial charge in [0.15, 0.2) is 11.5 Å². The highest BCUT2D eigenvalue weighted by atomic mass is 35.5. The van der Waals surface area contributed by atoms with Crippen molar-refractivity contribution in [2.24, 2.45) is 0 Å². The maximum atomic E-state index is 9.30. The van der Waals surface area contributed by atoms with Crippen molar-refractivity contribution in [2.75, 3.05) is 13.1 Å². The third kappa shape index (κ3) is 2.11. The number of phenolic OH excluding ortho intramolecular Hbond substituents is 2. The lowest BCUT2D eigenvalue weighted by atomic mass is 10.0. The molecule has 3 N–H and O–H groups in total. The summed E-state index contributed by atoms with van der Waals surface area (Å²) in [6, 6.07) is 3.33. The third-order valence-corrected chi connectivity index (χ3v) is 2.44. The Morgan fingerprint density at radius 1 is 0.929 bits per heavy atom. The first-order valence-corrected chi connectivity index (χ1v) is 4.52. The summed E-state index contributed by atoms with van der Waals surface area (Å²) in [4.78, 5) is 0. The minimum absolute atomic E-state index is 0. The summed E-state index contributed by atoms with van der Waals surface area (Å²) >= 11 is 0. The summed E-state index contributed by atoms with van der Waals surface area (Å²) in [7, 11) is 0. The average molecular weight is 216 g/mol. The highest BCUT2D eigenvalue weighted by molar-refractivity contribution is 5.85. The molecule has 0 saturated heterocycles. The molecule has 0 spiro atoms. The average Bonchev–Trinajstić information content (AvgIpc) is 2.31. The minimum Gasteiger partial charge on any atom is -0.504 e. The van der Waals surface area contributed by atoms with Crippen molar-refractivity contribution in [3.8, 4) is 11.5 Å². The Kier molecular flexibility index (Phi) is 3.61. The summed E-state index contributed by atoms with van der Waals surface area (Å²) in [5.74, 6) is -0.0266. The second-order valence-corrected chi connectivity index (χ2v) is 3.36. The molecule has 1 aliphatic heterocycles. The lowest BCUT2D eigenvalue weighted by molar-refractivity contribution is 0.402. The maximum absolute atomic E-state index is 9.30. The van der Waals surface area contributed by atoms with Gasteiger partial charge in [-0.05, 0) is 49.2 Å². The maximum Gasteiger partial charge on any atom is 0.157 e. The number of halogens is 1. The van der Waals surface area contributed by atoms with E-state index in [1.807, 2.05) is 0 Å². The molecule has 1 aromatic carbocycles. The normalized spacial score (nSPS) is 15.1. The zero-order chi connectivity index (χ0) is 9.26. The van der Waals surface area contributed by atoms with Crippen molar-refractivity contribution in [1.82, 2.24) is 5.32 Å². The quantitative estimate of drug-likeness (QED) is 0.571. The molecule has 0 saturated carbocycles. The second-order valence-electron chi connectivity index (χ2n) is 3.36. The van der Waals surface area contributed by atoms with Crippen LogP contribution >= 0.6 is 12.4 Å². The van der Waals surface area contributed by atoms with Crippen LogP contribution in [0.5, 0.6) is 11.5 Å². The topological polar surface area (TPSA) is 52.5 Å². The molecule has 3 nitrogen and oxygen atoms in total. The Labute approximate surface area is 89.2 Å². The van der Waals surface area contributed by atoms with Crippen molar-refractivity contribution in [1.29, 1.82) is 0 Å². The number of fused-ring (bicyclic) bond motifs is 1. The van der Waals surface area contributed by atoms with Gasteiger partial charge in [0.05, 0.1) is 0 Å². The van der Waals surface area contributed by atoms with Crippen molar-refractivity contribution < 1.29 is 10.2 Å². The van der Waals surface area contributed by atoms with E-state index in [2.05, 4.69) is 5.32 Å². The SMILES string of the molecule is Cl.Oc1cc2c(cc1O)CCNCC2. The van der Waals surface area contributed by atoms with Gasteiger partial charge in [-0.15, -0.1) is 12.4 Å². The molecular weight excluding hydrogens is 202 g/mol. The largest absolute Gasteiger partial charge is 0.504 e. The predicted octanol–water partition coefficient (Wildman–Crippen LogP) is 1.21. The van der Waals surface area contributed by atoms with Crippen LogP contribution < -0.4 is 5.32 Å². The minimum atomic E-state index is -0.0133. The molecule has 2 rings (SSSR count). The van der Waals surface area contributed by atoms with E-state index >= 15 is 0 Å². The molecule has 1 aliphatic rings. The number of rotatable bonds is 0. The Morgan fingerprint density at radius 3 is 1.79 bits per heavy atom. The summed E-state index contributed by atoms with van der Waals surface area (Å²) in [6.45, 7) is 1.88. The number of hydrogen-bond donors (Lipinski definition) is 3. The van der Waals surface area contributed by atoms with E-state index in [4.69, 9.17) is 0 Å². The lowest BCUT2D eigenvalue weighted by Crippen LogP contribution is -2.16. The first kappa shape index (κ1) is 11.1. The fourth-order valence-corrected chi connectivity index (χ4v) is 1.70. The van der Waals surface area contributed by atoms with Crippen LogP contribution in [0.15, 0.2) is 12.1 Å².